The van der Waals surface area contributed by atoms with Crippen LogP contribution in [0.25, 0.3) is 10.8 Å². The third-order valence-corrected chi connectivity index (χ3v) is 9.81. The van der Waals surface area contributed by atoms with Crippen molar-refractivity contribution in [2.45, 2.75) is 14.7 Å². The van der Waals surface area contributed by atoms with Crippen molar-refractivity contribution in [1.82, 2.24) is 15.0 Å². The number of ether oxygens (including phenoxy) is 1. The molecule has 0 radical (unpaired) electrons. The number of nitrogens with one attached hydrogen (secondary N) is 2. The second-order valence-corrected chi connectivity index (χ2v) is 14.5. The number of hydrogen-bond donors (Lipinski definition) is 3. The molecule has 0 bridgehead atoms. The maximum atomic E-state index is 12.7. The number of aromatic nitrogens is 3. The first-order chi connectivity index (χ1) is 23.5. The van der Waals surface area contributed by atoms with Crippen LogP contribution >= 0.6 is 23.6 Å². The Morgan fingerprint density at radius 2 is 1.66 bits per heavy atom. The van der Waals surface area contributed by atoms with E-state index in [9.17, 15) is 44.7 Å². The van der Waals surface area contributed by atoms with Gasteiger partial charge in [-0.15, -0.1) is 10.2 Å². The van der Waals surface area contributed by atoms with Crippen molar-refractivity contribution < 1.29 is 152 Å². The fourth-order valence-corrected chi connectivity index (χ4v) is 6.98. The average molecular weight is 861 g/mol. The molecular weight excluding hydrogens is 845 g/mol. The molecule has 0 fully saturated rings. The van der Waals surface area contributed by atoms with E-state index >= 15 is 0 Å². The predicted octanol–water partition coefficient (Wildman–Crippen LogP) is -7.16. The van der Waals surface area contributed by atoms with E-state index in [1.165, 1.54) is 7.11 Å². The van der Waals surface area contributed by atoms with Gasteiger partial charge in [-0.1, -0.05) is 0 Å². The molecule has 0 aliphatic rings. The Morgan fingerprint density at radius 1 is 0.981 bits per heavy atom. The van der Waals surface area contributed by atoms with Crippen molar-refractivity contribution in [3.63, 3.8) is 0 Å². The second kappa shape index (κ2) is 21.1. The largest absolute Gasteiger partial charge is 1.00 e. The molecule has 30 heteroatoms. The maximum absolute atomic E-state index is 12.7. The van der Waals surface area contributed by atoms with Crippen molar-refractivity contribution in [2.24, 2.45) is 10.2 Å². The number of hydrogen-bond acceptors (Lipinski definition) is 23. The van der Waals surface area contributed by atoms with Crippen LogP contribution in [-0.2, 0) is 43.9 Å². The van der Waals surface area contributed by atoms with Gasteiger partial charge in [-0.2, -0.15) is 24.5 Å². The van der Waals surface area contributed by atoms with Crippen molar-refractivity contribution >= 4 is 93.7 Å². The van der Waals surface area contributed by atoms with Crippen LogP contribution in [0.15, 0.2) is 61.3 Å². The van der Waals surface area contributed by atoms with E-state index < -0.39 is 86.2 Å². The van der Waals surface area contributed by atoms with Gasteiger partial charge in [0.05, 0.1) is 51.9 Å². The van der Waals surface area contributed by atoms with Gasteiger partial charge in [0, 0.05) is 10.8 Å². The van der Waals surface area contributed by atoms with Gasteiger partial charge in [0.15, 0.2) is 21.8 Å². The Bertz CT molecular complexity index is 2380. The van der Waals surface area contributed by atoms with Crippen LogP contribution in [0.4, 0.5) is 29.0 Å². The number of rotatable bonds is 15. The van der Waals surface area contributed by atoms with Crippen LogP contribution in [0.1, 0.15) is 0 Å². The average Bonchev–Trinajstić information content (AvgIpc) is 3.01. The third kappa shape index (κ3) is 13.3. The molecule has 266 valence electrons. The number of nitrogens with zero attached hydrogens (tertiary/aromatic N) is 6. The van der Waals surface area contributed by atoms with E-state index in [0.29, 0.717) is 0 Å². The standard InChI is InChI=1S/C23H19ClN8O14S4.3Na/c1-43-16-5-2-11(48(35,36)7-6-44-50(40,41)42)8-15(16)31-32-18-17(47-46-45-34)9-13-12(19(18)33)3-4-14(20(13)49(37,38)39)27-23-29-21(24)28-22(30-23)26-10-25;;;/h2-5,8-9,33-34H,6-7H2,1H3,(H,37,38,39)(H,40,41,42)(H2,26,27,28,29,30);;;/q;3*+1/p-3. The molecule has 1 heterocycles. The number of anilines is 3. The van der Waals surface area contributed by atoms with Gasteiger partial charge in [-0.3, -0.25) is 14.5 Å². The van der Waals surface area contributed by atoms with Gasteiger partial charge in [-0.25, -0.2) is 25.3 Å². The molecule has 0 saturated carbocycles. The first kappa shape index (κ1) is 49.5. The van der Waals surface area contributed by atoms with E-state index in [2.05, 4.69) is 49.4 Å². The van der Waals surface area contributed by atoms with Crippen LogP contribution in [-0.4, -0.2) is 73.9 Å². The molecule has 0 aliphatic carbocycles. The number of methoxy groups -OCH3 is 1. The molecule has 0 saturated heterocycles. The number of azo groups is 1. The zero-order valence-corrected chi connectivity index (χ0v) is 37.3. The number of fused-ring (bicyclic) bond motifs is 1. The molecular formula is C23H16ClN8Na3O14S4. The zero-order chi connectivity index (χ0) is 36.9. The van der Waals surface area contributed by atoms with Crippen LogP contribution in [0.2, 0.25) is 5.28 Å². The number of phenolic OH excluding ortho intramolecular Hbond substituents is 1. The quantitative estimate of drug-likeness (QED) is 0.0115. The minimum Gasteiger partial charge on any atom is -0.744 e. The van der Waals surface area contributed by atoms with Gasteiger partial charge in [0.1, 0.15) is 27.2 Å². The van der Waals surface area contributed by atoms with Crippen molar-refractivity contribution in [2.75, 3.05) is 30.1 Å². The number of sulfone groups is 1. The molecule has 4 rings (SSSR count). The SMILES string of the molecule is COc1ccc(S(=O)(=O)CCOS(=O)(=O)[O-])cc1N=Nc1c(SOO[O-])cc2c(S(=O)(=O)[O-])c(Nc3nc(Cl)nc(NC#N)n3)ccc2c1O.[Na+].[Na+].[Na+]. The van der Waals surface area contributed by atoms with Gasteiger partial charge in [-0.05, 0) is 48.0 Å². The maximum Gasteiger partial charge on any atom is 1.00 e. The summed E-state index contributed by atoms with van der Waals surface area (Å²) in [5.41, 5.74) is -1.20. The molecule has 0 unspecified atom stereocenters. The molecule has 0 spiro atoms. The number of nitriles is 1. The van der Waals surface area contributed by atoms with Crippen molar-refractivity contribution in [3.05, 3.63) is 41.7 Å². The summed E-state index contributed by atoms with van der Waals surface area (Å²) in [6, 6.07) is 6.36. The summed E-state index contributed by atoms with van der Waals surface area (Å²) in [6.45, 7) is -0.981. The molecule has 3 N–H and O–H groups in total. The molecule has 3 aromatic carbocycles. The van der Waals surface area contributed by atoms with E-state index in [-0.39, 0.29) is 128 Å². The second-order valence-electron chi connectivity index (χ2n) is 8.98. The molecule has 0 atom stereocenters. The fraction of sp³-hybridized carbons (Fsp3) is 0.130. The van der Waals surface area contributed by atoms with Gasteiger partial charge < -0.3 is 29.5 Å². The van der Waals surface area contributed by atoms with Crippen molar-refractivity contribution in [3.8, 4) is 17.7 Å². The summed E-state index contributed by atoms with van der Waals surface area (Å²) in [6.07, 6.45) is 1.55. The van der Waals surface area contributed by atoms with Gasteiger partial charge in [0.25, 0.3) is 0 Å². The first-order valence-electron chi connectivity index (χ1n) is 12.7. The van der Waals surface area contributed by atoms with Gasteiger partial charge in [0.2, 0.25) is 27.6 Å². The molecule has 22 nitrogen and oxygen atoms in total. The van der Waals surface area contributed by atoms with Crippen LogP contribution in [0.3, 0.4) is 0 Å². The minimum absolute atomic E-state index is 0. The summed E-state index contributed by atoms with van der Waals surface area (Å²) in [4.78, 5) is 9.49. The number of phenols is 1. The van der Waals surface area contributed by atoms with Crippen molar-refractivity contribution in [1.29, 1.82) is 5.26 Å². The topological polar surface area (TPSA) is 340 Å². The first-order valence-corrected chi connectivity index (χ1v) is 18.2. The third-order valence-electron chi connectivity index (χ3n) is 5.96. The Balaban J connectivity index is 0.00000468. The number of aromatic hydroxyl groups is 1. The fourth-order valence-electron chi connectivity index (χ4n) is 4.01. The van der Waals surface area contributed by atoms with Crippen LogP contribution < -0.4 is 109 Å². The summed E-state index contributed by atoms with van der Waals surface area (Å²) in [7, 11) is -13.6. The zero-order valence-electron chi connectivity index (χ0n) is 27.3. The van der Waals surface area contributed by atoms with E-state index in [1.54, 1.807) is 6.19 Å². The summed E-state index contributed by atoms with van der Waals surface area (Å²) in [5, 5.41) is 45.3. The number of benzene rings is 3. The Labute approximate surface area is 375 Å². The van der Waals surface area contributed by atoms with E-state index in [4.69, 9.17) is 21.6 Å². The Kier molecular flexibility index (Phi) is 19.7. The minimum atomic E-state index is -5.40. The molecule has 53 heavy (non-hydrogen) atoms. The summed E-state index contributed by atoms with van der Waals surface area (Å²) in [5.74, 6) is -2.52. The summed E-state index contributed by atoms with van der Waals surface area (Å²) >= 11 is 5.94. The van der Waals surface area contributed by atoms with E-state index in [1.807, 2.05) is 0 Å². The number of halogens is 1. The molecule has 4 aromatic rings. The Hall–Kier alpha value is -1.53. The normalized spacial score (nSPS) is 11.5. The molecule has 1 aromatic heterocycles. The smallest absolute Gasteiger partial charge is 0.744 e. The van der Waals surface area contributed by atoms with Gasteiger partial charge >= 0.3 is 88.7 Å². The van der Waals surface area contributed by atoms with Crippen LogP contribution in [0, 0.1) is 11.5 Å². The Morgan fingerprint density at radius 3 is 2.26 bits per heavy atom. The summed E-state index contributed by atoms with van der Waals surface area (Å²) < 4.78 is 109. The monoisotopic (exact) mass is 860 g/mol. The van der Waals surface area contributed by atoms with E-state index in [0.717, 1.165) is 36.4 Å². The molecule has 0 amide bonds. The molecule has 0 aliphatic heterocycles. The van der Waals surface area contributed by atoms with Crippen LogP contribution in [0.5, 0.6) is 11.5 Å². The predicted molar refractivity (Wildman–Crippen MR) is 164 cm³/mol.